The Hall–Kier alpha value is -3.32. The van der Waals surface area contributed by atoms with Crippen LogP contribution in [0.5, 0.6) is 0 Å². The number of halogens is 1. The molecule has 1 saturated heterocycles. The van der Waals surface area contributed by atoms with Crippen LogP contribution in [0.2, 0.25) is 5.02 Å². The molecule has 1 N–H and O–H groups in total. The van der Waals surface area contributed by atoms with E-state index in [0.29, 0.717) is 16.7 Å². The van der Waals surface area contributed by atoms with Gasteiger partial charge in [0, 0.05) is 48.6 Å². The molecule has 1 atom stereocenters. The number of para-hydroxylation sites is 1. The third-order valence-corrected chi connectivity index (χ3v) is 5.91. The smallest absolute Gasteiger partial charge is 0.257 e. The maximum absolute atomic E-state index is 12.8. The number of benzene rings is 2. The minimum atomic E-state index is -0.490. The molecule has 2 aliphatic rings. The van der Waals surface area contributed by atoms with E-state index in [4.69, 9.17) is 16.6 Å². The highest BCUT2D eigenvalue weighted by atomic mass is 35.5. The first kappa shape index (κ1) is 19.6. The molecule has 0 amide bonds. The topological polar surface area (TPSA) is 65.8 Å². The number of hydrogen-bond donors (Lipinski definition) is 1. The van der Waals surface area contributed by atoms with Crippen molar-refractivity contribution in [1.29, 1.82) is 0 Å². The van der Waals surface area contributed by atoms with Gasteiger partial charge in [0.2, 0.25) is 11.9 Å². The summed E-state index contributed by atoms with van der Waals surface area (Å²) in [6.07, 6.45) is -0.490. The minimum absolute atomic E-state index is 0.133. The van der Waals surface area contributed by atoms with E-state index in [1.807, 2.05) is 37.3 Å². The summed E-state index contributed by atoms with van der Waals surface area (Å²) < 4.78 is 1.60. The summed E-state index contributed by atoms with van der Waals surface area (Å²) in [7, 11) is 0. The lowest BCUT2D eigenvalue weighted by Gasteiger charge is -2.39. The number of aromatic nitrogens is 2. The first-order chi connectivity index (χ1) is 15.1. The van der Waals surface area contributed by atoms with Gasteiger partial charge in [0.05, 0.1) is 0 Å². The molecule has 0 bridgehead atoms. The molecule has 0 saturated carbocycles. The van der Waals surface area contributed by atoms with Crippen LogP contribution in [0, 0.1) is 6.92 Å². The molecule has 1 unspecified atom stereocenters. The predicted molar refractivity (Wildman–Crippen MR) is 124 cm³/mol. The normalized spacial score (nSPS) is 18.3. The lowest BCUT2D eigenvalue weighted by Crippen LogP contribution is -2.52. The molecule has 31 heavy (non-hydrogen) atoms. The molecule has 0 radical (unpaired) electrons. The van der Waals surface area contributed by atoms with Gasteiger partial charge in [0.25, 0.3) is 5.56 Å². The maximum Gasteiger partial charge on any atom is 0.257 e. The highest BCUT2D eigenvalue weighted by Gasteiger charge is 2.29. The number of nitrogens with one attached hydrogen (secondary N) is 1. The number of rotatable bonds is 2. The number of nitrogens with zero attached hydrogens (tertiary/aromatic N) is 5. The number of hydrogen-bond acceptors (Lipinski definition) is 6. The Morgan fingerprint density at radius 2 is 1.65 bits per heavy atom. The Morgan fingerprint density at radius 1 is 0.968 bits per heavy atom. The summed E-state index contributed by atoms with van der Waals surface area (Å²) in [5, 5.41) is 3.94. The number of aliphatic imine (C=N–C) groups is 1. The van der Waals surface area contributed by atoms with E-state index in [2.05, 4.69) is 44.4 Å². The van der Waals surface area contributed by atoms with Crippen molar-refractivity contribution < 1.29 is 0 Å². The number of anilines is 2. The van der Waals surface area contributed by atoms with Crippen molar-refractivity contribution in [1.82, 2.24) is 14.5 Å². The molecule has 7 nitrogen and oxygen atoms in total. The van der Waals surface area contributed by atoms with Crippen LogP contribution in [-0.2, 0) is 0 Å². The Labute approximate surface area is 185 Å². The molecular weight excluding hydrogens is 412 g/mol. The van der Waals surface area contributed by atoms with E-state index in [0.717, 1.165) is 37.7 Å². The fourth-order valence-corrected chi connectivity index (χ4v) is 4.20. The lowest BCUT2D eigenvalue weighted by molar-refractivity contribution is 0.376. The Kier molecular flexibility index (Phi) is 5.11. The van der Waals surface area contributed by atoms with Crippen LogP contribution in [0.15, 0.2) is 70.5 Å². The van der Waals surface area contributed by atoms with Crippen molar-refractivity contribution >= 4 is 29.2 Å². The molecule has 3 heterocycles. The average molecular weight is 435 g/mol. The maximum atomic E-state index is 12.8. The molecule has 2 aliphatic heterocycles. The first-order valence-corrected chi connectivity index (χ1v) is 10.7. The quantitative estimate of drug-likeness (QED) is 0.670. The summed E-state index contributed by atoms with van der Waals surface area (Å²) in [4.78, 5) is 26.9. The number of guanidine groups is 1. The van der Waals surface area contributed by atoms with Crippen LogP contribution in [0.4, 0.5) is 11.6 Å². The Morgan fingerprint density at radius 3 is 2.35 bits per heavy atom. The van der Waals surface area contributed by atoms with Gasteiger partial charge >= 0.3 is 0 Å². The van der Waals surface area contributed by atoms with Gasteiger partial charge in [0.1, 0.15) is 0 Å². The van der Waals surface area contributed by atoms with Crippen LogP contribution in [0.25, 0.3) is 0 Å². The zero-order chi connectivity index (χ0) is 21.4. The van der Waals surface area contributed by atoms with Gasteiger partial charge < -0.3 is 9.80 Å². The van der Waals surface area contributed by atoms with Gasteiger partial charge in [-0.1, -0.05) is 41.9 Å². The number of fused-ring (bicyclic) bond motifs is 1. The van der Waals surface area contributed by atoms with Crippen LogP contribution in [0.3, 0.4) is 0 Å². The minimum Gasteiger partial charge on any atom is -0.368 e. The molecule has 1 fully saturated rings. The molecule has 8 heteroatoms. The number of aryl methyl sites for hydroxylation is 1. The largest absolute Gasteiger partial charge is 0.368 e. The van der Waals surface area contributed by atoms with Crippen LogP contribution in [-0.4, -0.2) is 46.6 Å². The van der Waals surface area contributed by atoms with Crippen molar-refractivity contribution in [2.75, 3.05) is 36.4 Å². The molecule has 3 aromatic rings. The first-order valence-electron chi connectivity index (χ1n) is 10.3. The van der Waals surface area contributed by atoms with Gasteiger partial charge in [0.15, 0.2) is 6.17 Å². The van der Waals surface area contributed by atoms with Crippen LogP contribution < -0.4 is 15.8 Å². The predicted octanol–water partition coefficient (Wildman–Crippen LogP) is 3.36. The van der Waals surface area contributed by atoms with Crippen molar-refractivity contribution in [3.8, 4) is 0 Å². The molecular formula is C23H23ClN6O. The third kappa shape index (κ3) is 3.88. The molecule has 0 spiro atoms. The second-order valence-electron chi connectivity index (χ2n) is 7.74. The van der Waals surface area contributed by atoms with Gasteiger partial charge in [-0.05, 0) is 36.8 Å². The fourth-order valence-electron chi connectivity index (χ4n) is 4.07. The van der Waals surface area contributed by atoms with E-state index in [1.54, 1.807) is 4.57 Å². The summed E-state index contributed by atoms with van der Waals surface area (Å²) in [5.41, 5.74) is 2.66. The Balaban J connectivity index is 1.45. The average Bonchev–Trinajstić information content (AvgIpc) is 2.79. The van der Waals surface area contributed by atoms with Gasteiger partial charge in [-0.15, -0.1) is 0 Å². The molecule has 2 aromatic carbocycles. The summed E-state index contributed by atoms with van der Waals surface area (Å²) in [6, 6.07) is 19.4. The summed E-state index contributed by atoms with van der Waals surface area (Å²) in [5.74, 6) is 1.26. The van der Waals surface area contributed by atoms with E-state index in [-0.39, 0.29) is 5.56 Å². The van der Waals surface area contributed by atoms with E-state index in [1.165, 1.54) is 11.8 Å². The van der Waals surface area contributed by atoms with Crippen molar-refractivity contribution in [2.24, 2.45) is 4.99 Å². The van der Waals surface area contributed by atoms with Gasteiger partial charge in [-0.25, -0.2) is 9.98 Å². The zero-order valence-corrected chi connectivity index (χ0v) is 18.0. The van der Waals surface area contributed by atoms with Crippen molar-refractivity contribution in [2.45, 2.75) is 13.1 Å². The van der Waals surface area contributed by atoms with E-state index in [9.17, 15) is 4.79 Å². The summed E-state index contributed by atoms with van der Waals surface area (Å²) >= 11 is 6.08. The third-order valence-electron chi connectivity index (χ3n) is 5.66. The number of piperazine rings is 1. The molecule has 5 rings (SSSR count). The standard InChI is InChI=1S/C23H23ClN6O/c1-16-15-20(31)30-21(17-7-9-18(24)10-8-17)26-22(27-23(30)25-16)29-13-11-28(12-14-29)19-5-3-2-4-6-19/h2-10,15,21H,11-14H2,1H3,(H,25,26,27). The monoisotopic (exact) mass is 434 g/mol. The molecule has 0 aliphatic carbocycles. The van der Waals surface area contributed by atoms with Crippen LogP contribution >= 0.6 is 11.6 Å². The second kappa shape index (κ2) is 8.07. The van der Waals surface area contributed by atoms with Gasteiger partial charge in [-0.3, -0.25) is 14.7 Å². The van der Waals surface area contributed by atoms with E-state index >= 15 is 0 Å². The molecule has 1 aromatic heterocycles. The van der Waals surface area contributed by atoms with E-state index < -0.39 is 6.17 Å². The lowest BCUT2D eigenvalue weighted by atomic mass is 10.1. The van der Waals surface area contributed by atoms with Crippen molar-refractivity contribution in [3.05, 3.63) is 87.3 Å². The zero-order valence-electron chi connectivity index (χ0n) is 17.2. The molecule has 158 valence electrons. The van der Waals surface area contributed by atoms with Crippen molar-refractivity contribution in [3.63, 3.8) is 0 Å². The SMILES string of the molecule is Cc1cc(=O)n2c(n1)NC(N1CCN(c3ccccc3)CC1)=NC2c1ccc(Cl)cc1. The fraction of sp³-hybridized carbons (Fsp3) is 0.261. The highest BCUT2D eigenvalue weighted by molar-refractivity contribution is 6.30. The second-order valence-corrected chi connectivity index (χ2v) is 8.18. The van der Waals surface area contributed by atoms with Crippen LogP contribution in [0.1, 0.15) is 17.4 Å². The summed E-state index contributed by atoms with van der Waals surface area (Å²) in [6.45, 7) is 5.26. The van der Waals surface area contributed by atoms with Gasteiger partial charge in [-0.2, -0.15) is 0 Å². The highest BCUT2D eigenvalue weighted by Crippen LogP contribution is 2.27. The Bertz CT molecular complexity index is 1170.